The molecule has 30 heavy (non-hydrogen) atoms. The fourth-order valence-electron chi connectivity index (χ4n) is 3.17. The predicted molar refractivity (Wildman–Crippen MR) is 115 cm³/mol. The number of ether oxygens (including phenoxy) is 1. The van der Waals surface area contributed by atoms with Crippen molar-refractivity contribution in [2.75, 3.05) is 7.11 Å². The molecule has 0 bridgehead atoms. The molecule has 0 radical (unpaired) electrons. The first-order valence-corrected chi connectivity index (χ1v) is 9.52. The molecule has 0 unspecified atom stereocenters. The van der Waals surface area contributed by atoms with E-state index in [-0.39, 0.29) is 18.2 Å². The van der Waals surface area contributed by atoms with Crippen LogP contribution in [-0.4, -0.2) is 41.7 Å². The van der Waals surface area contributed by atoms with Crippen molar-refractivity contribution in [1.29, 1.82) is 0 Å². The molecule has 0 fully saturated rings. The number of aliphatic carboxylic acids is 1. The van der Waals surface area contributed by atoms with Gasteiger partial charge < -0.3 is 9.84 Å². The Morgan fingerprint density at radius 1 is 1.20 bits per heavy atom. The smallest absolute Gasteiger partial charge is 0.306 e. The first-order valence-electron chi connectivity index (χ1n) is 9.14. The van der Waals surface area contributed by atoms with Gasteiger partial charge in [0.2, 0.25) is 5.91 Å². The molecule has 156 valence electrons. The van der Waals surface area contributed by atoms with Gasteiger partial charge in [-0.05, 0) is 31.2 Å². The van der Waals surface area contributed by atoms with Crippen LogP contribution in [0.5, 0.6) is 5.75 Å². The Kier molecular flexibility index (Phi) is 6.37. The topological polar surface area (TPSA) is 112 Å². The molecule has 1 aliphatic rings. The van der Waals surface area contributed by atoms with Gasteiger partial charge in [-0.3, -0.25) is 25.4 Å². The number of halogens is 1. The average molecular weight is 429 g/mol. The molecule has 8 nitrogen and oxygen atoms in total. The quantitative estimate of drug-likeness (QED) is 0.648. The van der Waals surface area contributed by atoms with Gasteiger partial charge in [-0.25, -0.2) is 4.99 Å². The number of carbonyl (C=O) groups excluding carboxylic acids is 1. The van der Waals surface area contributed by atoms with Crippen LogP contribution in [0.2, 0.25) is 5.02 Å². The van der Waals surface area contributed by atoms with Crippen LogP contribution in [-0.2, 0) is 9.59 Å². The highest BCUT2D eigenvalue weighted by atomic mass is 35.5. The fraction of sp³-hybridized carbons (Fsp3) is 0.238. The van der Waals surface area contributed by atoms with E-state index in [0.717, 1.165) is 11.1 Å². The normalized spacial score (nSPS) is 15.3. The maximum Gasteiger partial charge on any atom is 0.306 e. The number of hydrazine groups is 1. The van der Waals surface area contributed by atoms with Crippen LogP contribution in [0, 0.1) is 6.92 Å². The SMILES string of the molecule is COc1ccc2c(c1C)C(c1ccc(Cl)cc1)=N[C@@H](CC(=O)O)C(NNC(C)=O)=N2. The first kappa shape index (κ1) is 21.3. The lowest BCUT2D eigenvalue weighted by Gasteiger charge is -2.16. The first-order chi connectivity index (χ1) is 14.3. The number of hydrogen-bond acceptors (Lipinski definition) is 6. The second-order valence-corrected chi connectivity index (χ2v) is 7.12. The largest absolute Gasteiger partial charge is 0.496 e. The third-order valence-electron chi connectivity index (χ3n) is 4.54. The Morgan fingerprint density at radius 3 is 2.50 bits per heavy atom. The van der Waals surface area contributed by atoms with Crippen molar-refractivity contribution in [3.05, 3.63) is 58.1 Å². The number of carboxylic acid groups (broad SMARTS) is 1. The van der Waals surface area contributed by atoms with Crippen LogP contribution >= 0.6 is 11.6 Å². The second kappa shape index (κ2) is 8.96. The van der Waals surface area contributed by atoms with Crippen molar-refractivity contribution in [3.63, 3.8) is 0 Å². The van der Waals surface area contributed by atoms with Crippen LogP contribution in [0.25, 0.3) is 0 Å². The Hall–Kier alpha value is -3.39. The van der Waals surface area contributed by atoms with Crippen molar-refractivity contribution < 1.29 is 19.4 Å². The number of hydrogen-bond donors (Lipinski definition) is 3. The molecule has 0 saturated heterocycles. The molecule has 3 N–H and O–H groups in total. The number of aliphatic imine (C=N–C) groups is 2. The van der Waals surface area contributed by atoms with Crippen molar-refractivity contribution >= 4 is 40.7 Å². The van der Waals surface area contributed by atoms with E-state index in [1.165, 1.54) is 6.92 Å². The zero-order chi connectivity index (χ0) is 21.8. The van der Waals surface area contributed by atoms with Gasteiger partial charge in [0.25, 0.3) is 0 Å². The van der Waals surface area contributed by atoms with Crippen molar-refractivity contribution in [2.45, 2.75) is 26.3 Å². The van der Waals surface area contributed by atoms with Gasteiger partial charge in [0.1, 0.15) is 17.6 Å². The minimum atomic E-state index is -1.04. The van der Waals surface area contributed by atoms with E-state index in [0.29, 0.717) is 27.7 Å². The number of carbonyl (C=O) groups is 2. The maximum absolute atomic E-state index is 11.5. The Balaban J connectivity index is 2.25. The molecule has 3 rings (SSSR count). The summed E-state index contributed by atoms with van der Waals surface area (Å²) in [7, 11) is 1.57. The van der Waals surface area contributed by atoms with E-state index in [1.54, 1.807) is 31.4 Å². The van der Waals surface area contributed by atoms with Crippen LogP contribution in [0.3, 0.4) is 0 Å². The van der Waals surface area contributed by atoms with Gasteiger partial charge in [0.05, 0.1) is 24.9 Å². The van der Waals surface area contributed by atoms with Crippen molar-refractivity contribution in [3.8, 4) is 5.75 Å². The Bertz CT molecular complexity index is 1050. The zero-order valence-corrected chi connectivity index (χ0v) is 17.4. The summed E-state index contributed by atoms with van der Waals surface area (Å²) in [6.45, 7) is 3.22. The molecule has 1 atom stereocenters. The molecule has 0 aliphatic carbocycles. The number of nitrogens with zero attached hydrogens (tertiary/aromatic N) is 2. The van der Waals surface area contributed by atoms with Crippen LogP contribution in [0.4, 0.5) is 5.69 Å². The number of benzene rings is 2. The summed E-state index contributed by atoms with van der Waals surface area (Å²) in [5.41, 5.74) is 8.58. The highest BCUT2D eigenvalue weighted by Crippen LogP contribution is 2.35. The summed E-state index contributed by atoms with van der Waals surface area (Å²) in [4.78, 5) is 32.3. The molecule has 2 aromatic rings. The van der Waals surface area contributed by atoms with Crippen molar-refractivity contribution in [1.82, 2.24) is 10.9 Å². The van der Waals surface area contributed by atoms with E-state index < -0.39 is 12.0 Å². The Labute approximate surface area is 178 Å². The van der Waals surface area contributed by atoms with E-state index >= 15 is 0 Å². The predicted octanol–water partition coefficient (Wildman–Crippen LogP) is 3.02. The number of methoxy groups -OCH3 is 1. The summed E-state index contributed by atoms with van der Waals surface area (Å²) in [6.07, 6.45) is -0.313. The average Bonchev–Trinajstić information content (AvgIpc) is 2.84. The summed E-state index contributed by atoms with van der Waals surface area (Å²) >= 11 is 6.04. The van der Waals surface area contributed by atoms with Gasteiger partial charge in [0, 0.05) is 28.6 Å². The third kappa shape index (κ3) is 4.60. The second-order valence-electron chi connectivity index (χ2n) is 6.69. The monoisotopic (exact) mass is 428 g/mol. The molecule has 0 spiro atoms. The van der Waals surface area contributed by atoms with Gasteiger partial charge in [0.15, 0.2) is 0 Å². The lowest BCUT2D eigenvalue weighted by atomic mass is 9.95. The molecule has 0 saturated carbocycles. The zero-order valence-electron chi connectivity index (χ0n) is 16.7. The number of carboxylic acids is 1. The van der Waals surface area contributed by atoms with Crippen LogP contribution < -0.4 is 15.6 Å². The van der Waals surface area contributed by atoms with Gasteiger partial charge in [-0.15, -0.1) is 0 Å². The van der Waals surface area contributed by atoms with Crippen molar-refractivity contribution in [2.24, 2.45) is 9.98 Å². The summed E-state index contributed by atoms with van der Waals surface area (Å²) in [5.74, 6) is -0.512. The highest BCUT2D eigenvalue weighted by molar-refractivity contribution is 6.30. The summed E-state index contributed by atoms with van der Waals surface area (Å²) in [5, 5.41) is 9.99. The lowest BCUT2D eigenvalue weighted by molar-refractivity contribution is -0.137. The molecule has 0 aromatic heterocycles. The van der Waals surface area contributed by atoms with Crippen LogP contribution in [0.1, 0.15) is 30.0 Å². The standard InChI is InChI=1S/C21H21ClN4O4/c1-11-17(30-3)9-8-15-19(11)20(13-4-6-14(22)7-5-13)23-16(10-18(28)29)21(24-15)26-25-12(2)27/h4-9,16H,10H2,1-3H3,(H,24,26)(H,25,27)(H,28,29)/t16-/m0/s1. The number of fused-ring (bicyclic) bond motifs is 1. The van der Waals surface area contributed by atoms with Gasteiger partial charge in [-0.1, -0.05) is 23.7 Å². The molecule has 1 amide bonds. The number of amidine groups is 1. The highest BCUT2D eigenvalue weighted by Gasteiger charge is 2.27. The van der Waals surface area contributed by atoms with Gasteiger partial charge in [-0.2, -0.15) is 0 Å². The van der Waals surface area contributed by atoms with Crippen LogP contribution in [0.15, 0.2) is 46.4 Å². The van der Waals surface area contributed by atoms with Gasteiger partial charge >= 0.3 is 5.97 Å². The molecule has 1 heterocycles. The molecule has 9 heteroatoms. The lowest BCUT2D eigenvalue weighted by Crippen LogP contribution is -2.45. The Morgan fingerprint density at radius 2 is 1.90 bits per heavy atom. The summed E-state index contributed by atoms with van der Waals surface area (Å²) in [6, 6.07) is 9.81. The molecular formula is C21H21ClN4O4. The third-order valence-corrected chi connectivity index (χ3v) is 4.80. The van der Waals surface area contributed by atoms with E-state index in [4.69, 9.17) is 21.3 Å². The van der Waals surface area contributed by atoms with E-state index in [9.17, 15) is 14.7 Å². The molecular weight excluding hydrogens is 408 g/mol. The minimum absolute atomic E-state index is 0.224. The fourth-order valence-corrected chi connectivity index (χ4v) is 3.30. The van der Waals surface area contributed by atoms with E-state index in [2.05, 4.69) is 15.8 Å². The summed E-state index contributed by atoms with van der Waals surface area (Å²) < 4.78 is 5.46. The minimum Gasteiger partial charge on any atom is -0.496 e. The molecule has 1 aliphatic heterocycles. The number of rotatable bonds is 4. The number of nitrogens with one attached hydrogen (secondary N) is 2. The molecule has 2 aromatic carbocycles. The number of amides is 1. The van der Waals surface area contributed by atoms with E-state index in [1.807, 2.05) is 19.1 Å². The maximum atomic E-state index is 11.5.